The Balaban J connectivity index is 1.51. The number of halogens is 1. The molecule has 0 atom stereocenters. The standard InChI is InChI=1S/C25H19ClN4O2S/c26-17-9-6-10-18(13-17)30-24(32)23-22(19-11-4-5-12-20(19)28-23)29-25(30)33-15-21(31)27-14-16-7-2-1-3-8-16/h1-13,28H,14-15H2,(H,27,31). The van der Waals surface area contributed by atoms with E-state index in [1.54, 1.807) is 24.3 Å². The predicted molar refractivity (Wildman–Crippen MR) is 133 cm³/mol. The van der Waals surface area contributed by atoms with Gasteiger partial charge in [0.1, 0.15) is 11.0 Å². The Labute approximate surface area is 198 Å². The normalized spacial score (nSPS) is 11.2. The second kappa shape index (κ2) is 9.13. The van der Waals surface area contributed by atoms with Crippen LogP contribution in [0.1, 0.15) is 5.56 Å². The lowest BCUT2D eigenvalue weighted by molar-refractivity contribution is -0.118. The number of nitrogens with one attached hydrogen (secondary N) is 2. The van der Waals surface area contributed by atoms with E-state index in [1.165, 1.54) is 16.3 Å². The number of para-hydroxylation sites is 1. The fourth-order valence-electron chi connectivity index (χ4n) is 3.66. The zero-order valence-electron chi connectivity index (χ0n) is 17.4. The van der Waals surface area contributed by atoms with E-state index < -0.39 is 0 Å². The lowest BCUT2D eigenvalue weighted by Gasteiger charge is -2.12. The van der Waals surface area contributed by atoms with Gasteiger partial charge in [0, 0.05) is 22.5 Å². The first-order chi connectivity index (χ1) is 16.1. The number of aromatic amines is 1. The van der Waals surface area contributed by atoms with E-state index in [1.807, 2.05) is 54.6 Å². The molecule has 6 nitrogen and oxygen atoms in total. The monoisotopic (exact) mass is 474 g/mol. The number of H-pyrrole nitrogens is 1. The first-order valence-corrected chi connectivity index (χ1v) is 11.7. The highest BCUT2D eigenvalue weighted by molar-refractivity contribution is 7.99. The molecule has 0 fully saturated rings. The van der Waals surface area contributed by atoms with Crippen LogP contribution in [0.3, 0.4) is 0 Å². The summed E-state index contributed by atoms with van der Waals surface area (Å²) >= 11 is 7.41. The van der Waals surface area contributed by atoms with E-state index in [0.717, 1.165) is 16.5 Å². The third-order valence-corrected chi connectivity index (χ3v) is 6.40. The molecule has 5 aromatic rings. The number of carbonyl (C=O) groups excluding carboxylic acids is 1. The first kappa shape index (κ1) is 21.3. The summed E-state index contributed by atoms with van der Waals surface area (Å²) in [5, 5.41) is 4.70. The molecule has 0 bridgehead atoms. The van der Waals surface area contributed by atoms with Crippen LogP contribution >= 0.6 is 23.4 Å². The number of nitrogens with zero attached hydrogens (tertiary/aromatic N) is 2. The van der Waals surface area contributed by atoms with Gasteiger partial charge in [0.25, 0.3) is 5.56 Å². The van der Waals surface area contributed by atoms with Gasteiger partial charge in [-0.05, 0) is 29.8 Å². The van der Waals surface area contributed by atoms with E-state index in [4.69, 9.17) is 16.6 Å². The molecule has 2 aromatic heterocycles. The van der Waals surface area contributed by atoms with Gasteiger partial charge in [0.2, 0.25) is 5.91 Å². The van der Waals surface area contributed by atoms with Gasteiger partial charge in [0.15, 0.2) is 5.16 Å². The first-order valence-electron chi connectivity index (χ1n) is 10.3. The Morgan fingerprint density at radius 1 is 1.03 bits per heavy atom. The topological polar surface area (TPSA) is 79.8 Å². The molecule has 0 aliphatic heterocycles. The van der Waals surface area contributed by atoms with Crippen molar-refractivity contribution in [1.82, 2.24) is 19.9 Å². The van der Waals surface area contributed by atoms with Crippen molar-refractivity contribution in [3.63, 3.8) is 0 Å². The van der Waals surface area contributed by atoms with Crippen LogP contribution in [0.5, 0.6) is 0 Å². The van der Waals surface area contributed by atoms with Crippen LogP contribution in [-0.4, -0.2) is 26.2 Å². The van der Waals surface area contributed by atoms with Crippen molar-refractivity contribution in [2.75, 3.05) is 5.75 Å². The summed E-state index contributed by atoms with van der Waals surface area (Å²) in [5.41, 5.74) is 3.19. The minimum atomic E-state index is -0.245. The highest BCUT2D eigenvalue weighted by Gasteiger charge is 2.18. The number of amides is 1. The highest BCUT2D eigenvalue weighted by Crippen LogP contribution is 2.27. The maximum absolute atomic E-state index is 13.5. The van der Waals surface area contributed by atoms with Crippen molar-refractivity contribution >= 4 is 51.2 Å². The summed E-state index contributed by atoms with van der Waals surface area (Å²) in [6.45, 7) is 0.441. The Bertz CT molecular complexity index is 1530. The van der Waals surface area contributed by atoms with E-state index in [0.29, 0.717) is 33.4 Å². The number of fused-ring (bicyclic) bond motifs is 3. The number of benzene rings is 3. The SMILES string of the molecule is O=C(CSc1nc2c([nH]c3ccccc32)c(=O)n1-c1cccc(Cl)c1)NCc1ccccc1. The fraction of sp³-hybridized carbons (Fsp3) is 0.0800. The van der Waals surface area contributed by atoms with Crippen LogP contribution in [0.2, 0.25) is 5.02 Å². The third-order valence-electron chi connectivity index (χ3n) is 5.23. The number of rotatable bonds is 6. The Hall–Kier alpha value is -3.55. The zero-order chi connectivity index (χ0) is 22.8. The van der Waals surface area contributed by atoms with Crippen molar-refractivity contribution in [1.29, 1.82) is 0 Å². The minimum Gasteiger partial charge on any atom is -0.351 e. The molecule has 1 amide bonds. The van der Waals surface area contributed by atoms with E-state index >= 15 is 0 Å². The molecule has 0 saturated carbocycles. The summed E-state index contributed by atoms with van der Waals surface area (Å²) in [5.74, 6) is -0.0250. The van der Waals surface area contributed by atoms with Gasteiger partial charge in [-0.2, -0.15) is 0 Å². The molecule has 2 heterocycles. The van der Waals surface area contributed by atoms with Crippen LogP contribution in [0.15, 0.2) is 88.8 Å². The largest absolute Gasteiger partial charge is 0.351 e. The van der Waals surface area contributed by atoms with Crippen molar-refractivity contribution in [3.8, 4) is 5.69 Å². The minimum absolute atomic E-state index is 0.119. The maximum atomic E-state index is 13.5. The average molecular weight is 475 g/mol. The molecular formula is C25H19ClN4O2S. The molecule has 164 valence electrons. The molecule has 0 aliphatic rings. The van der Waals surface area contributed by atoms with E-state index in [9.17, 15) is 9.59 Å². The van der Waals surface area contributed by atoms with Crippen LogP contribution < -0.4 is 10.9 Å². The van der Waals surface area contributed by atoms with E-state index in [2.05, 4.69) is 10.3 Å². The van der Waals surface area contributed by atoms with Crippen LogP contribution in [-0.2, 0) is 11.3 Å². The molecule has 0 radical (unpaired) electrons. The molecule has 0 saturated heterocycles. The number of hydrogen-bond donors (Lipinski definition) is 2. The van der Waals surface area contributed by atoms with Crippen molar-refractivity contribution in [2.45, 2.75) is 11.7 Å². The van der Waals surface area contributed by atoms with Crippen LogP contribution in [0, 0.1) is 0 Å². The Kier molecular flexibility index (Phi) is 5.90. The Morgan fingerprint density at radius 2 is 1.82 bits per heavy atom. The summed E-state index contributed by atoms with van der Waals surface area (Å²) < 4.78 is 1.50. The molecule has 5 rings (SSSR count). The van der Waals surface area contributed by atoms with E-state index in [-0.39, 0.29) is 17.2 Å². The number of hydrogen-bond acceptors (Lipinski definition) is 4. The molecule has 3 aromatic carbocycles. The van der Waals surface area contributed by atoms with Crippen molar-refractivity contribution in [3.05, 3.63) is 99.8 Å². The molecule has 0 unspecified atom stereocenters. The van der Waals surface area contributed by atoms with Gasteiger partial charge < -0.3 is 10.3 Å². The number of aromatic nitrogens is 3. The summed E-state index contributed by atoms with van der Waals surface area (Å²) in [6.07, 6.45) is 0. The molecule has 33 heavy (non-hydrogen) atoms. The van der Waals surface area contributed by atoms with Gasteiger partial charge in [-0.15, -0.1) is 0 Å². The second-order valence-corrected chi connectivity index (χ2v) is 8.84. The molecule has 0 aliphatic carbocycles. The number of carbonyl (C=O) groups is 1. The van der Waals surface area contributed by atoms with Gasteiger partial charge in [0.05, 0.1) is 11.4 Å². The van der Waals surface area contributed by atoms with Crippen molar-refractivity contribution < 1.29 is 4.79 Å². The summed E-state index contributed by atoms with van der Waals surface area (Å²) in [6, 6.07) is 24.4. The number of thioether (sulfide) groups is 1. The van der Waals surface area contributed by atoms with Crippen LogP contribution in [0.4, 0.5) is 0 Å². The summed E-state index contributed by atoms with van der Waals surface area (Å²) in [7, 11) is 0. The van der Waals surface area contributed by atoms with Gasteiger partial charge in [-0.3, -0.25) is 14.2 Å². The maximum Gasteiger partial charge on any atom is 0.283 e. The zero-order valence-corrected chi connectivity index (χ0v) is 19.0. The second-order valence-electron chi connectivity index (χ2n) is 7.46. The smallest absolute Gasteiger partial charge is 0.283 e. The molecule has 2 N–H and O–H groups in total. The third kappa shape index (κ3) is 4.37. The lowest BCUT2D eigenvalue weighted by Crippen LogP contribution is -2.26. The highest BCUT2D eigenvalue weighted by atomic mass is 35.5. The average Bonchev–Trinajstić information content (AvgIpc) is 3.21. The van der Waals surface area contributed by atoms with Gasteiger partial charge >= 0.3 is 0 Å². The molecular weight excluding hydrogens is 456 g/mol. The quantitative estimate of drug-likeness (QED) is 0.270. The fourth-order valence-corrected chi connectivity index (χ4v) is 4.68. The molecule has 8 heteroatoms. The predicted octanol–water partition coefficient (Wildman–Crippen LogP) is 4.93. The van der Waals surface area contributed by atoms with Crippen molar-refractivity contribution in [2.24, 2.45) is 0 Å². The van der Waals surface area contributed by atoms with Gasteiger partial charge in [-0.1, -0.05) is 78.0 Å². The molecule has 0 spiro atoms. The Morgan fingerprint density at radius 3 is 2.64 bits per heavy atom. The lowest BCUT2D eigenvalue weighted by atomic mass is 10.2. The van der Waals surface area contributed by atoms with Gasteiger partial charge in [-0.25, -0.2) is 4.98 Å². The van der Waals surface area contributed by atoms with Crippen LogP contribution in [0.25, 0.3) is 27.6 Å². The summed E-state index contributed by atoms with van der Waals surface area (Å²) in [4.78, 5) is 34.0.